The van der Waals surface area contributed by atoms with Crippen LogP contribution in [-0.4, -0.2) is 28.6 Å². The van der Waals surface area contributed by atoms with E-state index in [4.69, 9.17) is 11.6 Å². The molecule has 0 aliphatic rings. The van der Waals surface area contributed by atoms with E-state index in [9.17, 15) is 9.59 Å². The summed E-state index contributed by atoms with van der Waals surface area (Å²) in [7, 11) is 1.58. The second-order valence-corrected chi connectivity index (χ2v) is 5.97. The van der Waals surface area contributed by atoms with Crippen LogP contribution in [0.4, 0.5) is 0 Å². The van der Waals surface area contributed by atoms with Gasteiger partial charge in [0.2, 0.25) is 0 Å². The van der Waals surface area contributed by atoms with Crippen molar-refractivity contribution in [2.45, 2.75) is 6.54 Å². The molecule has 3 aromatic rings. The van der Waals surface area contributed by atoms with Gasteiger partial charge in [0.25, 0.3) is 11.8 Å². The third kappa shape index (κ3) is 3.92. The van der Waals surface area contributed by atoms with Gasteiger partial charge in [0.05, 0.1) is 10.7 Å². The fourth-order valence-corrected chi connectivity index (χ4v) is 2.68. The number of hydrogen-bond acceptors (Lipinski definition) is 3. The molecule has 0 aliphatic heterocycles. The average Bonchev–Trinajstić information content (AvgIpc) is 3.16. The summed E-state index contributed by atoms with van der Waals surface area (Å²) in [5.41, 5.74) is 2.35. The molecule has 132 valence electrons. The van der Waals surface area contributed by atoms with Crippen LogP contribution in [0.25, 0.3) is 5.69 Å². The Labute approximate surface area is 155 Å². The Morgan fingerprint density at radius 1 is 1.08 bits per heavy atom. The van der Waals surface area contributed by atoms with E-state index in [1.165, 1.54) is 0 Å². The number of rotatable bonds is 5. The Morgan fingerprint density at radius 3 is 2.65 bits per heavy atom. The number of aromatic nitrogens is 2. The van der Waals surface area contributed by atoms with Crippen molar-refractivity contribution in [2.24, 2.45) is 0 Å². The van der Waals surface area contributed by atoms with Gasteiger partial charge in [-0.2, -0.15) is 5.10 Å². The molecule has 0 saturated carbocycles. The first-order chi connectivity index (χ1) is 12.6. The molecule has 26 heavy (non-hydrogen) atoms. The lowest BCUT2D eigenvalue weighted by Crippen LogP contribution is -2.24. The number of carbonyl (C=O) groups excluding carboxylic acids is 2. The normalized spacial score (nSPS) is 10.4. The monoisotopic (exact) mass is 368 g/mol. The molecule has 0 fully saturated rings. The van der Waals surface area contributed by atoms with Crippen LogP contribution in [0, 0.1) is 0 Å². The summed E-state index contributed by atoms with van der Waals surface area (Å²) in [5, 5.41) is 10.2. The second-order valence-electron chi connectivity index (χ2n) is 5.56. The molecule has 7 heteroatoms. The molecule has 6 nitrogen and oxygen atoms in total. The second kappa shape index (κ2) is 7.84. The minimum absolute atomic E-state index is 0.170. The molecule has 0 saturated heterocycles. The lowest BCUT2D eigenvalue weighted by Gasteiger charge is -2.06. The first-order valence-corrected chi connectivity index (χ1v) is 8.36. The molecule has 0 radical (unpaired) electrons. The van der Waals surface area contributed by atoms with Gasteiger partial charge in [-0.25, -0.2) is 4.68 Å². The Balaban J connectivity index is 1.68. The molecule has 2 N–H and O–H groups in total. The quantitative estimate of drug-likeness (QED) is 0.727. The Kier molecular flexibility index (Phi) is 5.34. The fourth-order valence-electron chi connectivity index (χ4n) is 2.46. The number of halogens is 1. The van der Waals surface area contributed by atoms with Crippen LogP contribution in [0.2, 0.25) is 5.02 Å². The number of benzene rings is 2. The predicted octanol–water partition coefficient (Wildman–Crippen LogP) is 2.82. The van der Waals surface area contributed by atoms with Crippen molar-refractivity contribution in [1.82, 2.24) is 20.4 Å². The summed E-state index contributed by atoms with van der Waals surface area (Å²) >= 11 is 6.15. The van der Waals surface area contributed by atoms with E-state index in [1.807, 2.05) is 24.3 Å². The molecule has 3 rings (SSSR count). The Morgan fingerprint density at radius 2 is 1.88 bits per heavy atom. The molecule has 1 heterocycles. The molecule has 0 atom stereocenters. The molecule has 0 unspecified atom stereocenters. The zero-order valence-electron chi connectivity index (χ0n) is 14.1. The zero-order valence-corrected chi connectivity index (χ0v) is 14.8. The Hall–Kier alpha value is -3.12. The molecule has 2 amide bonds. The van der Waals surface area contributed by atoms with Gasteiger partial charge in [-0.15, -0.1) is 0 Å². The van der Waals surface area contributed by atoms with E-state index in [-0.39, 0.29) is 17.5 Å². The van der Waals surface area contributed by atoms with Gasteiger partial charge in [0.15, 0.2) is 5.69 Å². The van der Waals surface area contributed by atoms with E-state index in [0.717, 1.165) is 5.56 Å². The highest BCUT2D eigenvalue weighted by molar-refractivity contribution is 6.32. The maximum atomic E-state index is 12.3. The SMILES string of the molecule is CNC(=O)c1cccc(CNC(=O)c2ccn(-c3ccccc3Cl)n2)c1. The number of hydrogen-bond donors (Lipinski definition) is 2. The summed E-state index contributed by atoms with van der Waals surface area (Å²) in [6.07, 6.45) is 1.68. The van der Waals surface area contributed by atoms with Crippen LogP contribution < -0.4 is 10.6 Å². The minimum atomic E-state index is -0.304. The van der Waals surface area contributed by atoms with Gasteiger partial charge in [-0.3, -0.25) is 9.59 Å². The maximum absolute atomic E-state index is 12.3. The van der Waals surface area contributed by atoms with Crippen LogP contribution in [0.3, 0.4) is 0 Å². The summed E-state index contributed by atoms with van der Waals surface area (Å²) in [6.45, 7) is 0.294. The third-order valence-electron chi connectivity index (χ3n) is 3.79. The fraction of sp³-hybridized carbons (Fsp3) is 0.105. The summed E-state index contributed by atoms with van der Waals surface area (Å²) < 4.78 is 1.56. The van der Waals surface area contributed by atoms with Crippen molar-refractivity contribution >= 4 is 23.4 Å². The van der Waals surface area contributed by atoms with Crippen molar-refractivity contribution < 1.29 is 9.59 Å². The zero-order chi connectivity index (χ0) is 18.5. The maximum Gasteiger partial charge on any atom is 0.272 e. The van der Waals surface area contributed by atoms with Gasteiger partial charge in [0.1, 0.15) is 0 Å². The van der Waals surface area contributed by atoms with Gasteiger partial charge >= 0.3 is 0 Å². The average molecular weight is 369 g/mol. The molecule has 1 aromatic heterocycles. The van der Waals surface area contributed by atoms with E-state index < -0.39 is 0 Å². The predicted molar refractivity (Wildman–Crippen MR) is 99.6 cm³/mol. The summed E-state index contributed by atoms with van der Waals surface area (Å²) in [6, 6.07) is 16.0. The molecule has 0 aliphatic carbocycles. The molecular weight excluding hydrogens is 352 g/mol. The molecule has 0 spiro atoms. The van der Waals surface area contributed by atoms with E-state index >= 15 is 0 Å². The van der Waals surface area contributed by atoms with Crippen LogP contribution in [0.1, 0.15) is 26.4 Å². The van der Waals surface area contributed by atoms with Crippen molar-refractivity contribution in [3.8, 4) is 5.69 Å². The molecule has 2 aromatic carbocycles. The highest BCUT2D eigenvalue weighted by Crippen LogP contribution is 2.19. The van der Waals surface area contributed by atoms with Crippen molar-refractivity contribution in [3.05, 3.63) is 82.6 Å². The minimum Gasteiger partial charge on any atom is -0.355 e. The van der Waals surface area contributed by atoms with Gasteiger partial charge in [-0.1, -0.05) is 35.9 Å². The number of carbonyl (C=O) groups is 2. The lowest BCUT2D eigenvalue weighted by molar-refractivity contribution is 0.0944. The Bertz CT molecular complexity index is 952. The number of nitrogens with one attached hydrogen (secondary N) is 2. The highest BCUT2D eigenvalue weighted by atomic mass is 35.5. The van der Waals surface area contributed by atoms with E-state index in [0.29, 0.717) is 22.8 Å². The largest absolute Gasteiger partial charge is 0.355 e. The van der Waals surface area contributed by atoms with Crippen LogP contribution >= 0.6 is 11.6 Å². The summed E-state index contributed by atoms with van der Waals surface area (Å²) in [5.74, 6) is -0.474. The topological polar surface area (TPSA) is 76.0 Å². The molecular formula is C19H17ClN4O2. The van der Waals surface area contributed by atoms with Crippen molar-refractivity contribution in [3.63, 3.8) is 0 Å². The van der Waals surface area contributed by atoms with Crippen molar-refractivity contribution in [1.29, 1.82) is 0 Å². The van der Waals surface area contributed by atoms with Gasteiger partial charge in [0, 0.05) is 25.4 Å². The standard InChI is InChI=1S/C19H17ClN4O2/c1-21-18(25)14-6-4-5-13(11-14)12-22-19(26)16-9-10-24(23-16)17-8-3-2-7-15(17)20/h2-11H,12H2,1H3,(H,21,25)(H,22,26). The van der Waals surface area contributed by atoms with Crippen LogP contribution in [0.5, 0.6) is 0 Å². The third-order valence-corrected chi connectivity index (χ3v) is 4.11. The summed E-state index contributed by atoms with van der Waals surface area (Å²) in [4.78, 5) is 24.0. The van der Waals surface area contributed by atoms with Crippen molar-refractivity contribution in [2.75, 3.05) is 7.05 Å². The number of amides is 2. The van der Waals surface area contributed by atoms with E-state index in [1.54, 1.807) is 48.3 Å². The first kappa shape index (κ1) is 17.7. The van der Waals surface area contributed by atoms with Gasteiger partial charge < -0.3 is 10.6 Å². The van der Waals surface area contributed by atoms with Crippen LogP contribution in [0.15, 0.2) is 60.8 Å². The first-order valence-electron chi connectivity index (χ1n) is 7.98. The number of para-hydroxylation sites is 1. The lowest BCUT2D eigenvalue weighted by atomic mass is 10.1. The van der Waals surface area contributed by atoms with Crippen LogP contribution in [-0.2, 0) is 6.54 Å². The highest BCUT2D eigenvalue weighted by Gasteiger charge is 2.12. The van der Waals surface area contributed by atoms with Gasteiger partial charge in [-0.05, 0) is 35.9 Å². The smallest absolute Gasteiger partial charge is 0.272 e. The number of nitrogens with zero attached hydrogens (tertiary/aromatic N) is 2. The molecule has 0 bridgehead atoms. The van der Waals surface area contributed by atoms with E-state index in [2.05, 4.69) is 15.7 Å².